The van der Waals surface area contributed by atoms with Crippen LogP contribution in [-0.4, -0.2) is 32.4 Å². The smallest absolute Gasteiger partial charge is 0.175 e. The minimum atomic E-state index is -3.18. The van der Waals surface area contributed by atoms with Gasteiger partial charge in [-0.05, 0) is 31.0 Å². The lowest BCUT2D eigenvalue weighted by molar-refractivity contribution is 0.170. The highest BCUT2D eigenvalue weighted by atomic mass is 32.2. The fraction of sp³-hybridized carbons (Fsp3) is 0.571. The zero-order valence-electron chi connectivity index (χ0n) is 11.8. The molecule has 0 aliphatic heterocycles. The van der Waals surface area contributed by atoms with Crippen molar-refractivity contribution in [2.45, 2.75) is 43.7 Å². The highest BCUT2D eigenvalue weighted by Crippen LogP contribution is 2.16. The Hall–Kier alpha value is -0.910. The molecule has 0 saturated heterocycles. The van der Waals surface area contributed by atoms with Crippen LogP contribution >= 0.6 is 0 Å². The molecule has 0 radical (unpaired) electrons. The van der Waals surface area contributed by atoms with Gasteiger partial charge in [0.15, 0.2) is 9.84 Å². The van der Waals surface area contributed by atoms with Crippen LogP contribution in [0.5, 0.6) is 0 Å². The third kappa shape index (κ3) is 5.30. The summed E-state index contributed by atoms with van der Waals surface area (Å²) >= 11 is 0. The molecule has 0 amide bonds. The van der Waals surface area contributed by atoms with Crippen LogP contribution in [0.3, 0.4) is 0 Å². The molecule has 2 unspecified atom stereocenters. The molecule has 2 atom stereocenters. The Kier molecular flexibility index (Phi) is 5.97. The molecule has 1 aromatic rings. The maximum absolute atomic E-state index is 11.3. The molecular weight excluding hydrogens is 262 g/mol. The standard InChI is InChI=1S/C14H23NO3S/c1-4-5-11(2)15-10-14(16)12-6-8-13(9-7-12)19(3,17)18/h6-9,11,14-16H,4-5,10H2,1-3H3. The van der Waals surface area contributed by atoms with Crippen molar-refractivity contribution in [2.24, 2.45) is 0 Å². The Labute approximate surface area is 115 Å². The van der Waals surface area contributed by atoms with Crippen molar-refractivity contribution in [3.05, 3.63) is 29.8 Å². The Morgan fingerprint density at radius 2 is 1.84 bits per heavy atom. The number of rotatable bonds is 7. The zero-order chi connectivity index (χ0) is 14.5. The largest absolute Gasteiger partial charge is 0.387 e. The summed E-state index contributed by atoms with van der Waals surface area (Å²) in [5.74, 6) is 0. The van der Waals surface area contributed by atoms with Gasteiger partial charge in [0.2, 0.25) is 0 Å². The Morgan fingerprint density at radius 1 is 1.26 bits per heavy atom. The van der Waals surface area contributed by atoms with E-state index in [1.807, 2.05) is 0 Å². The summed E-state index contributed by atoms with van der Waals surface area (Å²) in [7, 11) is -3.18. The van der Waals surface area contributed by atoms with Crippen LogP contribution in [0.25, 0.3) is 0 Å². The van der Waals surface area contributed by atoms with Gasteiger partial charge in [-0.1, -0.05) is 25.5 Å². The third-order valence-corrected chi connectivity index (χ3v) is 4.20. The molecule has 0 heterocycles. The SMILES string of the molecule is CCCC(C)NCC(O)c1ccc(S(C)(=O)=O)cc1. The molecule has 4 nitrogen and oxygen atoms in total. The summed E-state index contributed by atoms with van der Waals surface area (Å²) < 4.78 is 22.7. The number of aliphatic hydroxyl groups is 1. The Morgan fingerprint density at radius 3 is 2.32 bits per heavy atom. The first-order valence-corrected chi connectivity index (χ1v) is 8.45. The molecule has 5 heteroatoms. The summed E-state index contributed by atoms with van der Waals surface area (Å²) in [6.45, 7) is 4.68. The first kappa shape index (κ1) is 16.1. The van der Waals surface area contributed by atoms with Gasteiger partial charge in [0.25, 0.3) is 0 Å². The maximum Gasteiger partial charge on any atom is 0.175 e. The monoisotopic (exact) mass is 285 g/mol. The van der Waals surface area contributed by atoms with Crippen molar-refractivity contribution in [3.8, 4) is 0 Å². The molecule has 1 rings (SSSR count). The molecule has 19 heavy (non-hydrogen) atoms. The lowest BCUT2D eigenvalue weighted by atomic mass is 10.1. The average Bonchev–Trinajstić information content (AvgIpc) is 2.35. The van der Waals surface area contributed by atoms with E-state index in [0.29, 0.717) is 12.6 Å². The van der Waals surface area contributed by atoms with E-state index in [4.69, 9.17) is 0 Å². The van der Waals surface area contributed by atoms with Gasteiger partial charge in [0, 0.05) is 18.8 Å². The molecule has 0 fully saturated rings. The summed E-state index contributed by atoms with van der Waals surface area (Å²) in [5, 5.41) is 13.3. The van der Waals surface area contributed by atoms with Gasteiger partial charge >= 0.3 is 0 Å². The molecule has 108 valence electrons. The minimum Gasteiger partial charge on any atom is -0.387 e. The second-order valence-corrected chi connectivity index (χ2v) is 6.97. The van der Waals surface area contributed by atoms with Crippen molar-refractivity contribution in [1.82, 2.24) is 5.32 Å². The predicted molar refractivity (Wildman–Crippen MR) is 76.9 cm³/mol. The highest BCUT2D eigenvalue weighted by molar-refractivity contribution is 7.90. The van der Waals surface area contributed by atoms with Gasteiger partial charge < -0.3 is 10.4 Å². The number of aliphatic hydroxyl groups excluding tert-OH is 1. The fourth-order valence-electron chi connectivity index (χ4n) is 1.90. The molecule has 0 aromatic heterocycles. The fourth-order valence-corrected chi connectivity index (χ4v) is 2.53. The number of hydrogen-bond donors (Lipinski definition) is 2. The van der Waals surface area contributed by atoms with Crippen LogP contribution < -0.4 is 5.32 Å². The van der Waals surface area contributed by atoms with E-state index in [2.05, 4.69) is 19.2 Å². The zero-order valence-corrected chi connectivity index (χ0v) is 12.6. The molecule has 0 bridgehead atoms. The normalized spacial score (nSPS) is 15.2. The maximum atomic E-state index is 11.3. The third-order valence-electron chi connectivity index (χ3n) is 3.07. The highest BCUT2D eigenvalue weighted by Gasteiger charge is 2.11. The Balaban J connectivity index is 2.61. The van der Waals surface area contributed by atoms with E-state index in [1.165, 1.54) is 18.4 Å². The van der Waals surface area contributed by atoms with Gasteiger partial charge in [0.05, 0.1) is 11.0 Å². The van der Waals surface area contributed by atoms with Gasteiger partial charge in [-0.3, -0.25) is 0 Å². The van der Waals surface area contributed by atoms with E-state index in [0.717, 1.165) is 18.4 Å². The summed E-state index contributed by atoms with van der Waals surface area (Å²) in [4.78, 5) is 0.274. The van der Waals surface area contributed by atoms with Crippen LogP contribution in [0.1, 0.15) is 38.4 Å². The topological polar surface area (TPSA) is 66.4 Å². The molecule has 0 aliphatic rings. The van der Waals surface area contributed by atoms with E-state index in [9.17, 15) is 13.5 Å². The molecule has 0 saturated carbocycles. The first-order valence-electron chi connectivity index (χ1n) is 6.56. The van der Waals surface area contributed by atoms with E-state index < -0.39 is 15.9 Å². The van der Waals surface area contributed by atoms with Gasteiger partial charge in [-0.2, -0.15) is 0 Å². The van der Waals surface area contributed by atoms with Crippen LogP contribution in [-0.2, 0) is 9.84 Å². The molecule has 2 N–H and O–H groups in total. The van der Waals surface area contributed by atoms with Crippen molar-refractivity contribution < 1.29 is 13.5 Å². The van der Waals surface area contributed by atoms with E-state index in [-0.39, 0.29) is 4.90 Å². The molecule has 0 spiro atoms. The summed E-state index contributed by atoms with van der Waals surface area (Å²) in [6, 6.07) is 6.75. The van der Waals surface area contributed by atoms with Gasteiger partial charge in [0.1, 0.15) is 0 Å². The lowest BCUT2D eigenvalue weighted by Crippen LogP contribution is -2.30. The predicted octanol–water partition coefficient (Wildman–Crippen LogP) is 1.90. The number of nitrogens with one attached hydrogen (secondary N) is 1. The van der Waals surface area contributed by atoms with Gasteiger partial charge in [-0.15, -0.1) is 0 Å². The van der Waals surface area contributed by atoms with Crippen molar-refractivity contribution >= 4 is 9.84 Å². The summed E-state index contributed by atoms with van der Waals surface area (Å²) in [6.07, 6.45) is 2.73. The Bertz CT molecular complexity index is 482. The van der Waals surface area contributed by atoms with Gasteiger partial charge in [-0.25, -0.2) is 8.42 Å². The minimum absolute atomic E-state index is 0.274. The lowest BCUT2D eigenvalue weighted by Gasteiger charge is -2.17. The van der Waals surface area contributed by atoms with E-state index in [1.54, 1.807) is 12.1 Å². The first-order chi connectivity index (χ1) is 8.84. The quantitative estimate of drug-likeness (QED) is 0.803. The average molecular weight is 285 g/mol. The second-order valence-electron chi connectivity index (χ2n) is 4.95. The van der Waals surface area contributed by atoms with Crippen molar-refractivity contribution in [1.29, 1.82) is 0 Å². The van der Waals surface area contributed by atoms with Crippen molar-refractivity contribution in [3.63, 3.8) is 0 Å². The van der Waals surface area contributed by atoms with Crippen LogP contribution in [0.15, 0.2) is 29.2 Å². The van der Waals surface area contributed by atoms with Crippen molar-refractivity contribution in [2.75, 3.05) is 12.8 Å². The number of benzene rings is 1. The summed E-state index contributed by atoms with van der Waals surface area (Å²) in [5.41, 5.74) is 0.726. The molecule has 1 aromatic carbocycles. The number of sulfone groups is 1. The van der Waals surface area contributed by atoms with Crippen LogP contribution in [0, 0.1) is 0 Å². The molecule has 0 aliphatic carbocycles. The number of hydrogen-bond acceptors (Lipinski definition) is 4. The van der Waals surface area contributed by atoms with Crippen LogP contribution in [0.4, 0.5) is 0 Å². The van der Waals surface area contributed by atoms with Crippen LogP contribution in [0.2, 0.25) is 0 Å². The van der Waals surface area contributed by atoms with E-state index >= 15 is 0 Å². The molecular formula is C14H23NO3S. The second kappa shape index (κ2) is 7.03.